The number of rotatable bonds is 7. The van der Waals surface area contributed by atoms with Gasteiger partial charge in [0.25, 0.3) is 0 Å². The number of hydrogen-bond donors (Lipinski definition) is 3. The molecule has 2 bridgehead atoms. The minimum atomic E-state index is -0.851. The molecule has 3 heterocycles. The number of hydrogen-bond acceptors (Lipinski definition) is 5. The molecule has 0 saturated carbocycles. The van der Waals surface area contributed by atoms with Gasteiger partial charge in [0, 0.05) is 16.6 Å². The topological polar surface area (TPSA) is 98.7 Å². The van der Waals surface area contributed by atoms with E-state index in [4.69, 9.17) is 11.6 Å². The summed E-state index contributed by atoms with van der Waals surface area (Å²) in [5.74, 6) is -2.06. The molecule has 0 radical (unpaired) electrons. The van der Waals surface area contributed by atoms with Crippen LogP contribution in [-0.2, 0) is 20.9 Å². The normalized spacial score (nSPS) is 31.3. The first-order chi connectivity index (χ1) is 17.3. The first-order valence-electron chi connectivity index (χ1n) is 11.9. The summed E-state index contributed by atoms with van der Waals surface area (Å²) in [5, 5.41) is 16.1. The number of aliphatic hydroxyl groups is 1. The SMILES string of the molecule is C[C@H](CO)N1C(=O)[C@@H]2[C@@H](C(=O)NCc3ccccc3)[C@@H]3SC2(CC3Br)C1C(=O)Nc1ccccc1Cl. The minimum Gasteiger partial charge on any atom is -0.394 e. The van der Waals surface area contributed by atoms with Crippen LogP contribution in [0.1, 0.15) is 18.9 Å². The number of anilines is 1. The molecule has 190 valence electrons. The van der Waals surface area contributed by atoms with Crippen molar-refractivity contribution < 1.29 is 19.5 Å². The number of nitrogens with zero attached hydrogens (tertiary/aromatic N) is 1. The molecular weight excluding hydrogens is 566 g/mol. The third-order valence-electron chi connectivity index (χ3n) is 7.46. The highest BCUT2D eigenvalue weighted by molar-refractivity contribution is 9.09. The molecule has 3 amide bonds. The standard InChI is InChI=1S/C26H27BrClN3O4S/c1-14(13-32)31-22(24(34)30-18-10-6-5-9-17(18)28)26-11-16(27)21(36-26)19(20(26)25(31)35)23(33)29-12-15-7-3-2-4-8-15/h2-10,14,16,19-22,32H,11-13H2,1H3,(H,29,33)(H,30,34)/t14-,16?,19-,20+,21-,22?,26?/m1/s1. The number of para-hydroxylation sites is 1. The molecule has 3 aliphatic rings. The molecule has 7 atom stereocenters. The van der Waals surface area contributed by atoms with Crippen LogP contribution in [0.25, 0.3) is 0 Å². The molecule has 36 heavy (non-hydrogen) atoms. The van der Waals surface area contributed by atoms with Crippen LogP contribution in [0.15, 0.2) is 54.6 Å². The molecule has 10 heteroatoms. The Morgan fingerprint density at radius 1 is 1.19 bits per heavy atom. The van der Waals surface area contributed by atoms with Crippen molar-refractivity contribution in [1.82, 2.24) is 10.2 Å². The second kappa shape index (κ2) is 10.0. The fourth-order valence-corrected chi connectivity index (χ4v) is 9.68. The molecule has 3 aliphatic heterocycles. The van der Waals surface area contributed by atoms with Crippen molar-refractivity contribution in [2.75, 3.05) is 11.9 Å². The van der Waals surface area contributed by atoms with Crippen LogP contribution in [-0.4, -0.2) is 61.2 Å². The number of benzene rings is 2. The second-order valence-corrected chi connectivity index (χ2v) is 12.7. The van der Waals surface area contributed by atoms with Gasteiger partial charge in [-0.05, 0) is 31.0 Å². The fraction of sp³-hybridized carbons (Fsp3) is 0.423. The largest absolute Gasteiger partial charge is 0.394 e. The van der Waals surface area contributed by atoms with Crippen molar-refractivity contribution in [2.45, 2.75) is 46.8 Å². The molecule has 2 aromatic carbocycles. The van der Waals surface area contributed by atoms with Gasteiger partial charge in [0.15, 0.2) is 0 Å². The molecule has 3 N–H and O–H groups in total. The van der Waals surface area contributed by atoms with E-state index >= 15 is 0 Å². The lowest BCUT2D eigenvalue weighted by molar-refractivity contribution is -0.141. The summed E-state index contributed by atoms with van der Waals surface area (Å²) in [6, 6.07) is 15.1. The van der Waals surface area contributed by atoms with Gasteiger partial charge in [-0.1, -0.05) is 70.0 Å². The van der Waals surface area contributed by atoms with E-state index in [2.05, 4.69) is 26.6 Å². The Bertz CT molecular complexity index is 1190. The third kappa shape index (κ3) is 4.14. The molecule has 3 unspecified atom stereocenters. The van der Waals surface area contributed by atoms with Crippen LogP contribution in [0.3, 0.4) is 0 Å². The molecule has 3 saturated heterocycles. The van der Waals surface area contributed by atoms with Gasteiger partial charge >= 0.3 is 0 Å². The average Bonchev–Trinajstić information content (AvgIpc) is 3.47. The van der Waals surface area contributed by atoms with Crippen LogP contribution in [0.4, 0.5) is 5.69 Å². The molecule has 0 aromatic heterocycles. The van der Waals surface area contributed by atoms with Crippen LogP contribution in [0.5, 0.6) is 0 Å². The molecule has 0 aliphatic carbocycles. The molecule has 1 spiro atoms. The monoisotopic (exact) mass is 591 g/mol. The minimum absolute atomic E-state index is 0.0287. The first-order valence-corrected chi connectivity index (χ1v) is 14.1. The Kier molecular flexibility index (Phi) is 7.11. The van der Waals surface area contributed by atoms with Gasteiger partial charge in [-0.25, -0.2) is 0 Å². The highest BCUT2D eigenvalue weighted by Gasteiger charge is 2.76. The summed E-state index contributed by atoms with van der Waals surface area (Å²) in [6.45, 7) is 1.79. The Labute approximate surface area is 227 Å². The highest BCUT2D eigenvalue weighted by Crippen LogP contribution is 2.68. The number of aliphatic hydroxyl groups excluding tert-OH is 1. The summed E-state index contributed by atoms with van der Waals surface area (Å²) in [7, 11) is 0. The van der Waals surface area contributed by atoms with Crippen LogP contribution >= 0.6 is 39.3 Å². The molecule has 5 rings (SSSR count). The molecule has 2 aromatic rings. The van der Waals surface area contributed by atoms with Gasteiger partial charge in [-0.2, -0.15) is 0 Å². The maximum absolute atomic E-state index is 13.9. The zero-order valence-corrected chi connectivity index (χ0v) is 22.7. The Morgan fingerprint density at radius 3 is 2.58 bits per heavy atom. The van der Waals surface area contributed by atoms with Gasteiger partial charge in [-0.15, -0.1) is 11.8 Å². The maximum Gasteiger partial charge on any atom is 0.248 e. The second-order valence-electron chi connectivity index (χ2n) is 9.61. The Balaban J connectivity index is 1.47. The Morgan fingerprint density at radius 2 is 1.89 bits per heavy atom. The van der Waals surface area contributed by atoms with Crippen LogP contribution < -0.4 is 10.6 Å². The van der Waals surface area contributed by atoms with E-state index < -0.39 is 28.7 Å². The van der Waals surface area contributed by atoms with Crippen molar-refractivity contribution in [1.29, 1.82) is 0 Å². The number of alkyl halides is 1. The maximum atomic E-state index is 13.9. The van der Waals surface area contributed by atoms with E-state index in [1.807, 2.05) is 30.3 Å². The summed E-state index contributed by atoms with van der Waals surface area (Å²) >= 11 is 11.6. The number of fused-ring (bicyclic) bond motifs is 1. The number of halogens is 2. The number of carbonyl (C=O) groups excluding carboxylic acids is 3. The van der Waals surface area contributed by atoms with Crippen molar-refractivity contribution in [3.8, 4) is 0 Å². The number of carbonyl (C=O) groups is 3. The smallest absolute Gasteiger partial charge is 0.248 e. The van der Waals surface area contributed by atoms with Crippen molar-refractivity contribution >= 4 is 62.7 Å². The summed E-state index contributed by atoms with van der Waals surface area (Å²) in [5.41, 5.74) is 1.43. The van der Waals surface area contributed by atoms with Gasteiger partial charge < -0.3 is 20.6 Å². The van der Waals surface area contributed by atoms with E-state index in [0.717, 1.165) is 5.56 Å². The summed E-state index contributed by atoms with van der Waals surface area (Å²) in [4.78, 5) is 42.7. The van der Waals surface area contributed by atoms with E-state index in [-0.39, 0.29) is 34.4 Å². The van der Waals surface area contributed by atoms with Gasteiger partial charge in [-0.3, -0.25) is 14.4 Å². The molecular formula is C26H27BrClN3O4S. The lowest BCUT2D eigenvalue weighted by Crippen LogP contribution is -2.55. The number of nitrogens with one attached hydrogen (secondary N) is 2. The predicted octanol–water partition coefficient (Wildman–Crippen LogP) is 3.44. The van der Waals surface area contributed by atoms with Crippen molar-refractivity contribution in [3.63, 3.8) is 0 Å². The summed E-state index contributed by atoms with van der Waals surface area (Å²) in [6.07, 6.45) is 0.566. The van der Waals surface area contributed by atoms with E-state index in [1.54, 1.807) is 43.0 Å². The summed E-state index contributed by atoms with van der Waals surface area (Å²) < 4.78 is -0.792. The lowest BCUT2D eigenvalue weighted by Gasteiger charge is -2.36. The third-order valence-corrected chi connectivity index (χ3v) is 11.0. The van der Waals surface area contributed by atoms with E-state index in [0.29, 0.717) is 23.7 Å². The number of thioether (sulfide) groups is 1. The predicted molar refractivity (Wildman–Crippen MR) is 144 cm³/mol. The first kappa shape index (κ1) is 25.6. The fourth-order valence-electron chi connectivity index (χ4n) is 5.90. The zero-order chi connectivity index (χ0) is 25.6. The average molecular weight is 593 g/mol. The quantitative estimate of drug-likeness (QED) is 0.428. The highest BCUT2D eigenvalue weighted by atomic mass is 79.9. The van der Waals surface area contributed by atoms with Gasteiger partial charge in [0.05, 0.1) is 39.9 Å². The number of likely N-dealkylation sites (tertiary alicyclic amines) is 1. The number of amides is 3. The Hall–Kier alpha value is -2.07. The van der Waals surface area contributed by atoms with Gasteiger partial charge in [0.1, 0.15) is 6.04 Å². The van der Waals surface area contributed by atoms with E-state index in [9.17, 15) is 19.5 Å². The van der Waals surface area contributed by atoms with Crippen LogP contribution in [0.2, 0.25) is 5.02 Å². The molecule has 7 nitrogen and oxygen atoms in total. The lowest BCUT2D eigenvalue weighted by atomic mass is 9.70. The van der Waals surface area contributed by atoms with E-state index in [1.165, 1.54) is 4.90 Å². The van der Waals surface area contributed by atoms with Crippen LogP contribution in [0, 0.1) is 11.8 Å². The zero-order valence-electron chi connectivity index (χ0n) is 19.6. The molecule has 3 fully saturated rings. The van der Waals surface area contributed by atoms with Crippen molar-refractivity contribution in [3.05, 3.63) is 65.2 Å². The van der Waals surface area contributed by atoms with Crippen molar-refractivity contribution in [2.24, 2.45) is 11.8 Å². The van der Waals surface area contributed by atoms with Gasteiger partial charge in [0.2, 0.25) is 17.7 Å².